The van der Waals surface area contributed by atoms with E-state index in [4.69, 9.17) is 10.00 Å². The van der Waals surface area contributed by atoms with E-state index < -0.39 is 0 Å². The molecule has 1 aromatic rings. The van der Waals surface area contributed by atoms with Gasteiger partial charge in [0, 0.05) is 18.2 Å². The maximum atomic E-state index is 11.4. The highest BCUT2D eigenvalue weighted by Gasteiger charge is 2.01. The molecule has 0 bridgehead atoms. The van der Waals surface area contributed by atoms with Crippen molar-refractivity contribution in [2.45, 2.75) is 12.8 Å². The Kier molecular flexibility index (Phi) is 6.30. The lowest BCUT2D eigenvalue weighted by Crippen LogP contribution is -2.24. The molecule has 0 aliphatic rings. The minimum atomic E-state index is -0.0980. The van der Waals surface area contributed by atoms with Gasteiger partial charge >= 0.3 is 0 Å². The van der Waals surface area contributed by atoms with Gasteiger partial charge in [0.2, 0.25) is 5.91 Å². The van der Waals surface area contributed by atoms with Crippen molar-refractivity contribution in [1.29, 1.82) is 5.26 Å². The van der Waals surface area contributed by atoms with Crippen LogP contribution in [-0.2, 0) is 4.79 Å². The summed E-state index contributed by atoms with van der Waals surface area (Å²) in [5.41, 5.74) is 0.702. The summed E-state index contributed by atoms with van der Waals surface area (Å²) in [6, 6.07) is 9.26. The van der Waals surface area contributed by atoms with Crippen LogP contribution in [0.1, 0.15) is 12.8 Å². The van der Waals surface area contributed by atoms with E-state index in [1.807, 2.05) is 12.1 Å². The lowest BCUT2D eigenvalue weighted by molar-refractivity contribution is -0.115. The first-order chi connectivity index (χ1) is 8.76. The van der Waals surface area contributed by atoms with Crippen LogP contribution in [0.25, 0.3) is 0 Å². The van der Waals surface area contributed by atoms with Crippen LogP contribution in [0.5, 0.6) is 5.75 Å². The van der Waals surface area contributed by atoms with Gasteiger partial charge < -0.3 is 15.4 Å². The highest BCUT2D eigenvalue weighted by atomic mass is 16.5. The number of hydrogen-bond donors (Lipinski definition) is 2. The van der Waals surface area contributed by atoms with Crippen molar-refractivity contribution in [2.75, 3.05) is 25.5 Å². The summed E-state index contributed by atoms with van der Waals surface area (Å²) in [6.07, 6.45) is 1.19. The number of anilines is 1. The molecule has 96 valence electrons. The Balaban J connectivity index is 2.46. The fourth-order valence-corrected chi connectivity index (χ4v) is 1.37. The second-order valence-corrected chi connectivity index (χ2v) is 3.72. The molecule has 1 rings (SSSR count). The monoisotopic (exact) mass is 247 g/mol. The first-order valence-electron chi connectivity index (χ1n) is 5.80. The van der Waals surface area contributed by atoms with Crippen molar-refractivity contribution in [3.05, 3.63) is 24.3 Å². The van der Waals surface area contributed by atoms with Gasteiger partial charge in [-0.05, 0) is 25.6 Å². The van der Waals surface area contributed by atoms with Gasteiger partial charge in [-0.25, -0.2) is 0 Å². The van der Waals surface area contributed by atoms with E-state index in [0.717, 1.165) is 0 Å². The third kappa shape index (κ3) is 5.32. The number of nitrogens with one attached hydrogen (secondary N) is 2. The molecule has 0 saturated carbocycles. The average Bonchev–Trinajstić information content (AvgIpc) is 2.35. The molecule has 0 fully saturated rings. The van der Waals surface area contributed by atoms with Crippen molar-refractivity contribution in [2.24, 2.45) is 0 Å². The number of nitrogens with zero attached hydrogens (tertiary/aromatic N) is 1. The number of carbonyl (C=O) groups excluding carboxylic acids is 1. The molecule has 0 unspecified atom stereocenters. The minimum Gasteiger partial charge on any atom is -0.493 e. The Bertz CT molecular complexity index is 426. The summed E-state index contributed by atoms with van der Waals surface area (Å²) < 4.78 is 5.47. The molecular weight excluding hydrogens is 230 g/mol. The molecule has 2 N–H and O–H groups in total. The Labute approximate surface area is 107 Å². The molecule has 5 nitrogen and oxygen atoms in total. The number of ether oxygens (including phenoxy) is 1. The number of likely N-dealkylation sites (N-methyl/N-ethyl adjacent to an activating group) is 1. The van der Waals surface area contributed by atoms with Crippen LogP contribution in [-0.4, -0.2) is 26.1 Å². The number of nitriles is 1. The summed E-state index contributed by atoms with van der Waals surface area (Å²) in [6.45, 7) is 0.773. The van der Waals surface area contributed by atoms with Crippen LogP contribution < -0.4 is 15.4 Å². The van der Waals surface area contributed by atoms with Crippen LogP contribution in [0.15, 0.2) is 24.3 Å². The smallest absolute Gasteiger partial charge is 0.238 e. The summed E-state index contributed by atoms with van der Waals surface area (Å²) in [7, 11) is 1.72. The second-order valence-electron chi connectivity index (χ2n) is 3.72. The quantitative estimate of drug-likeness (QED) is 0.716. The summed E-state index contributed by atoms with van der Waals surface area (Å²) in [4.78, 5) is 11.4. The SMILES string of the molecule is CNCC(=O)Nc1cccc(OCCCC#N)c1. The minimum absolute atomic E-state index is 0.0980. The third-order valence-corrected chi connectivity index (χ3v) is 2.16. The molecule has 0 aromatic heterocycles. The zero-order valence-electron chi connectivity index (χ0n) is 10.4. The van der Waals surface area contributed by atoms with Crippen molar-refractivity contribution in [3.8, 4) is 11.8 Å². The summed E-state index contributed by atoms with van der Waals surface area (Å²) in [5, 5.41) is 13.9. The molecule has 0 radical (unpaired) electrons. The lowest BCUT2D eigenvalue weighted by Gasteiger charge is -2.08. The molecule has 0 saturated heterocycles. The van der Waals surface area contributed by atoms with E-state index in [1.54, 1.807) is 19.2 Å². The number of amides is 1. The Morgan fingerprint density at radius 1 is 1.50 bits per heavy atom. The van der Waals surface area contributed by atoms with E-state index in [2.05, 4.69) is 16.7 Å². The lowest BCUT2D eigenvalue weighted by atomic mass is 10.3. The van der Waals surface area contributed by atoms with Gasteiger partial charge in [-0.2, -0.15) is 5.26 Å². The van der Waals surface area contributed by atoms with Crippen LogP contribution in [0.4, 0.5) is 5.69 Å². The predicted octanol–water partition coefficient (Wildman–Crippen LogP) is 1.53. The van der Waals surface area contributed by atoms with E-state index in [1.165, 1.54) is 0 Å². The maximum Gasteiger partial charge on any atom is 0.238 e. The van der Waals surface area contributed by atoms with Gasteiger partial charge in [0.25, 0.3) is 0 Å². The van der Waals surface area contributed by atoms with E-state index in [0.29, 0.717) is 30.9 Å². The standard InChI is InChI=1S/C13H17N3O2/c1-15-10-13(17)16-11-5-4-6-12(9-11)18-8-3-2-7-14/h4-6,9,15H,2-3,8,10H2,1H3,(H,16,17). The number of benzene rings is 1. The third-order valence-electron chi connectivity index (χ3n) is 2.16. The normalized spacial score (nSPS) is 9.56. The van der Waals surface area contributed by atoms with Crippen LogP contribution >= 0.6 is 0 Å². The number of hydrogen-bond acceptors (Lipinski definition) is 4. The first-order valence-corrected chi connectivity index (χ1v) is 5.80. The van der Waals surface area contributed by atoms with Gasteiger partial charge in [-0.3, -0.25) is 4.79 Å². The van der Waals surface area contributed by atoms with Crippen molar-refractivity contribution >= 4 is 11.6 Å². The molecule has 1 aromatic carbocycles. The zero-order valence-corrected chi connectivity index (χ0v) is 10.4. The molecule has 18 heavy (non-hydrogen) atoms. The van der Waals surface area contributed by atoms with Crippen LogP contribution in [0.2, 0.25) is 0 Å². The summed E-state index contributed by atoms with van der Waals surface area (Å²) in [5.74, 6) is 0.592. The maximum absolute atomic E-state index is 11.4. The molecule has 0 aliphatic carbocycles. The Morgan fingerprint density at radius 2 is 2.33 bits per heavy atom. The molecule has 5 heteroatoms. The number of rotatable bonds is 7. The van der Waals surface area contributed by atoms with E-state index in [9.17, 15) is 4.79 Å². The van der Waals surface area contributed by atoms with Gasteiger partial charge in [0.05, 0.1) is 19.2 Å². The van der Waals surface area contributed by atoms with Crippen LogP contribution in [0.3, 0.4) is 0 Å². The van der Waals surface area contributed by atoms with Crippen molar-refractivity contribution in [3.63, 3.8) is 0 Å². The first kappa shape index (κ1) is 14.0. The highest BCUT2D eigenvalue weighted by molar-refractivity contribution is 5.92. The number of carbonyl (C=O) groups is 1. The Morgan fingerprint density at radius 3 is 3.06 bits per heavy atom. The van der Waals surface area contributed by atoms with Crippen molar-refractivity contribution in [1.82, 2.24) is 5.32 Å². The fraction of sp³-hybridized carbons (Fsp3) is 0.385. The van der Waals surface area contributed by atoms with Gasteiger partial charge in [-0.1, -0.05) is 6.07 Å². The molecule has 1 amide bonds. The highest BCUT2D eigenvalue weighted by Crippen LogP contribution is 2.17. The Hall–Kier alpha value is -2.06. The van der Waals surface area contributed by atoms with Gasteiger partial charge in [0.1, 0.15) is 5.75 Å². The van der Waals surface area contributed by atoms with Gasteiger partial charge in [0.15, 0.2) is 0 Å². The van der Waals surface area contributed by atoms with Crippen molar-refractivity contribution < 1.29 is 9.53 Å². The molecule has 0 atom stereocenters. The molecule has 0 aliphatic heterocycles. The summed E-state index contributed by atoms with van der Waals surface area (Å²) >= 11 is 0. The number of unbranched alkanes of at least 4 members (excludes halogenated alkanes) is 1. The molecule has 0 heterocycles. The van der Waals surface area contributed by atoms with E-state index >= 15 is 0 Å². The van der Waals surface area contributed by atoms with Gasteiger partial charge in [-0.15, -0.1) is 0 Å². The topological polar surface area (TPSA) is 74.2 Å². The zero-order chi connectivity index (χ0) is 13.2. The predicted molar refractivity (Wildman–Crippen MR) is 69.3 cm³/mol. The second kappa shape index (κ2) is 8.09. The van der Waals surface area contributed by atoms with E-state index in [-0.39, 0.29) is 12.5 Å². The average molecular weight is 247 g/mol. The fourth-order valence-electron chi connectivity index (χ4n) is 1.37. The van der Waals surface area contributed by atoms with Crippen LogP contribution in [0, 0.1) is 11.3 Å². The molecular formula is C13H17N3O2. The largest absolute Gasteiger partial charge is 0.493 e. The molecule has 0 spiro atoms.